The van der Waals surface area contributed by atoms with Crippen molar-refractivity contribution in [3.05, 3.63) is 71.9 Å². The molecule has 162 valence electrons. The minimum absolute atomic E-state index is 0.00826. The largest absolute Gasteiger partial charge is 0.350 e. The normalized spacial score (nSPS) is 17.9. The average Bonchev–Trinajstić information content (AvgIpc) is 3.29. The Morgan fingerprint density at radius 3 is 2.77 bits per heavy atom. The average molecular weight is 423 g/mol. The van der Waals surface area contributed by atoms with E-state index < -0.39 is 0 Å². The SMILES string of the molecule is CC(NC(=O)CCN1CCCC(c2nc(-c3ccc(F)cc3)no2)C1)c1ccccc1. The van der Waals surface area contributed by atoms with E-state index in [1.165, 1.54) is 12.1 Å². The third kappa shape index (κ3) is 5.55. The van der Waals surface area contributed by atoms with E-state index in [-0.39, 0.29) is 23.7 Å². The fourth-order valence-electron chi connectivity index (χ4n) is 3.98. The molecule has 0 bridgehead atoms. The number of benzene rings is 2. The van der Waals surface area contributed by atoms with Crippen LogP contribution in [0.25, 0.3) is 11.4 Å². The third-order valence-corrected chi connectivity index (χ3v) is 5.73. The Balaban J connectivity index is 1.29. The highest BCUT2D eigenvalue weighted by Gasteiger charge is 2.26. The monoisotopic (exact) mass is 422 g/mol. The van der Waals surface area contributed by atoms with Crippen LogP contribution in [0, 0.1) is 5.82 Å². The molecule has 31 heavy (non-hydrogen) atoms. The number of nitrogens with zero attached hydrogens (tertiary/aromatic N) is 3. The van der Waals surface area contributed by atoms with Crippen LogP contribution in [0.3, 0.4) is 0 Å². The first-order valence-corrected chi connectivity index (χ1v) is 10.7. The Kier molecular flexibility index (Phi) is 6.72. The van der Waals surface area contributed by atoms with Crippen LogP contribution in [0.2, 0.25) is 0 Å². The molecule has 2 aromatic carbocycles. The topological polar surface area (TPSA) is 71.3 Å². The number of amides is 1. The Morgan fingerprint density at radius 1 is 1.23 bits per heavy atom. The van der Waals surface area contributed by atoms with E-state index in [1.54, 1.807) is 12.1 Å². The molecular formula is C24H27FN4O2. The number of piperidine rings is 1. The second kappa shape index (κ2) is 9.83. The molecule has 1 fully saturated rings. The number of hydrogen-bond acceptors (Lipinski definition) is 5. The zero-order valence-electron chi connectivity index (χ0n) is 17.6. The van der Waals surface area contributed by atoms with Crippen LogP contribution in [0.4, 0.5) is 4.39 Å². The lowest BCUT2D eigenvalue weighted by Gasteiger charge is -2.30. The van der Waals surface area contributed by atoms with E-state index in [0.717, 1.165) is 37.1 Å². The van der Waals surface area contributed by atoms with Gasteiger partial charge in [-0.05, 0) is 56.1 Å². The summed E-state index contributed by atoms with van der Waals surface area (Å²) in [6.45, 7) is 4.44. The van der Waals surface area contributed by atoms with Gasteiger partial charge in [0.15, 0.2) is 0 Å². The standard InChI is InChI=1S/C24H27FN4O2/c1-17(18-6-3-2-4-7-18)26-22(30)13-15-29-14-5-8-20(16-29)24-27-23(28-31-24)19-9-11-21(25)12-10-19/h2-4,6-7,9-12,17,20H,5,8,13-16H2,1H3,(H,26,30). The summed E-state index contributed by atoms with van der Waals surface area (Å²) < 4.78 is 18.6. The molecular weight excluding hydrogens is 395 g/mol. The molecule has 0 aliphatic carbocycles. The first kappa shape index (κ1) is 21.2. The first-order chi connectivity index (χ1) is 15.1. The zero-order chi connectivity index (χ0) is 21.6. The summed E-state index contributed by atoms with van der Waals surface area (Å²) in [6.07, 6.45) is 2.44. The second-order valence-corrected chi connectivity index (χ2v) is 8.05. The highest BCUT2D eigenvalue weighted by molar-refractivity contribution is 5.76. The van der Waals surface area contributed by atoms with Crippen molar-refractivity contribution in [2.24, 2.45) is 0 Å². The van der Waals surface area contributed by atoms with Gasteiger partial charge in [0, 0.05) is 25.1 Å². The number of nitrogens with one attached hydrogen (secondary N) is 1. The maximum absolute atomic E-state index is 13.1. The van der Waals surface area contributed by atoms with Crippen molar-refractivity contribution in [1.82, 2.24) is 20.4 Å². The number of carbonyl (C=O) groups excluding carboxylic acids is 1. The van der Waals surface area contributed by atoms with Crippen molar-refractivity contribution < 1.29 is 13.7 Å². The van der Waals surface area contributed by atoms with Gasteiger partial charge in [0.1, 0.15) is 5.82 Å². The predicted octanol–water partition coefficient (Wildman–Crippen LogP) is 4.32. The van der Waals surface area contributed by atoms with Gasteiger partial charge in [-0.15, -0.1) is 0 Å². The maximum atomic E-state index is 13.1. The van der Waals surface area contributed by atoms with Gasteiger partial charge in [-0.1, -0.05) is 35.5 Å². The van der Waals surface area contributed by atoms with Crippen LogP contribution < -0.4 is 5.32 Å². The van der Waals surface area contributed by atoms with Crippen LogP contribution in [-0.2, 0) is 4.79 Å². The molecule has 6 nitrogen and oxygen atoms in total. The zero-order valence-corrected chi connectivity index (χ0v) is 17.6. The minimum Gasteiger partial charge on any atom is -0.350 e. The van der Waals surface area contributed by atoms with Crippen molar-refractivity contribution in [1.29, 1.82) is 0 Å². The molecule has 2 unspecified atom stereocenters. The highest BCUT2D eigenvalue weighted by Crippen LogP contribution is 2.27. The van der Waals surface area contributed by atoms with Crippen LogP contribution >= 0.6 is 0 Å². The maximum Gasteiger partial charge on any atom is 0.231 e. The smallest absolute Gasteiger partial charge is 0.231 e. The number of likely N-dealkylation sites (tertiary alicyclic amines) is 1. The van der Waals surface area contributed by atoms with E-state index >= 15 is 0 Å². The molecule has 0 saturated carbocycles. The van der Waals surface area contributed by atoms with Gasteiger partial charge in [-0.3, -0.25) is 4.79 Å². The fourth-order valence-corrected chi connectivity index (χ4v) is 3.98. The molecule has 1 aliphatic rings. The second-order valence-electron chi connectivity index (χ2n) is 8.05. The van der Waals surface area contributed by atoms with Gasteiger partial charge in [-0.25, -0.2) is 4.39 Å². The van der Waals surface area contributed by atoms with Crippen LogP contribution in [0.15, 0.2) is 59.1 Å². The van der Waals surface area contributed by atoms with Gasteiger partial charge < -0.3 is 14.7 Å². The summed E-state index contributed by atoms with van der Waals surface area (Å²) >= 11 is 0. The van der Waals surface area contributed by atoms with Gasteiger partial charge in [0.05, 0.1) is 12.0 Å². The van der Waals surface area contributed by atoms with Gasteiger partial charge in [0.25, 0.3) is 0 Å². The predicted molar refractivity (Wildman–Crippen MR) is 116 cm³/mol. The lowest BCUT2D eigenvalue weighted by molar-refractivity contribution is -0.122. The van der Waals surface area contributed by atoms with Gasteiger partial charge >= 0.3 is 0 Å². The van der Waals surface area contributed by atoms with Crippen molar-refractivity contribution >= 4 is 5.91 Å². The van der Waals surface area contributed by atoms with E-state index in [1.807, 2.05) is 37.3 Å². The molecule has 0 radical (unpaired) electrons. The molecule has 1 aliphatic heterocycles. The molecule has 1 N–H and O–H groups in total. The van der Waals surface area contributed by atoms with E-state index in [0.29, 0.717) is 24.7 Å². The van der Waals surface area contributed by atoms with E-state index in [9.17, 15) is 9.18 Å². The molecule has 1 saturated heterocycles. The summed E-state index contributed by atoms with van der Waals surface area (Å²) in [7, 11) is 0. The molecule has 4 rings (SSSR count). The lowest BCUT2D eigenvalue weighted by Crippen LogP contribution is -2.37. The molecule has 1 aromatic heterocycles. The number of halogens is 1. The third-order valence-electron chi connectivity index (χ3n) is 5.73. The highest BCUT2D eigenvalue weighted by atomic mass is 19.1. The minimum atomic E-state index is -0.294. The summed E-state index contributed by atoms with van der Waals surface area (Å²) in [5.74, 6) is 0.974. The molecule has 1 amide bonds. The lowest BCUT2D eigenvalue weighted by atomic mass is 9.98. The van der Waals surface area contributed by atoms with Crippen LogP contribution in [-0.4, -0.2) is 40.6 Å². The Hall–Kier alpha value is -3.06. The van der Waals surface area contributed by atoms with Crippen LogP contribution in [0.5, 0.6) is 0 Å². The first-order valence-electron chi connectivity index (χ1n) is 10.7. The van der Waals surface area contributed by atoms with E-state index in [4.69, 9.17) is 4.52 Å². The Bertz CT molecular complexity index is 990. The Morgan fingerprint density at radius 2 is 2.00 bits per heavy atom. The Labute approximate surface area is 181 Å². The van der Waals surface area contributed by atoms with Crippen molar-refractivity contribution in [3.8, 4) is 11.4 Å². The molecule has 7 heteroatoms. The number of hydrogen-bond donors (Lipinski definition) is 1. The van der Waals surface area contributed by atoms with E-state index in [2.05, 4.69) is 20.4 Å². The molecule has 2 atom stereocenters. The quantitative estimate of drug-likeness (QED) is 0.614. The number of rotatable bonds is 7. The molecule has 3 aromatic rings. The number of aromatic nitrogens is 2. The van der Waals surface area contributed by atoms with Gasteiger partial charge in [-0.2, -0.15) is 4.98 Å². The fraction of sp³-hybridized carbons (Fsp3) is 0.375. The van der Waals surface area contributed by atoms with Crippen molar-refractivity contribution in [2.45, 2.75) is 38.1 Å². The summed E-state index contributed by atoms with van der Waals surface area (Å²) in [6, 6.07) is 16.0. The van der Waals surface area contributed by atoms with Crippen molar-refractivity contribution in [2.75, 3.05) is 19.6 Å². The number of carbonyl (C=O) groups is 1. The summed E-state index contributed by atoms with van der Waals surface area (Å²) in [5.41, 5.74) is 1.83. The van der Waals surface area contributed by atoms with Crippen molar-refractivity contribution in [3.63, 3.8) is 0 Å². The van der Waals surface area contributed by atoms with Crippen LogP contribution in [0.1, 0.15) is 49.6 Å². The molecule has 0 spiro atoms. The summed E-state index contributed by atoms with van der Waals surface area (Å²) in [5, 5.41) is 7.13. The summed E-state index contributed by atoms with van der Waals surface area (Å²) in [4.78, 5) is 19.2. The molecule has 2 heterocycles. The van der Waals surface area contributed by atoms with Gasteiger partial charge in [0.2, 0.25) is 17.6 Å².